The van der Waals surface area contributed by atoms with E-state index >= 15 is 0 Å². The van der Waals surface area contributed by atoms with Crippen LogP contribution in [0.2, 0.25) is 0 Å². The lowest BCUT2D eigenvalue weighted by Gasteiger charge is -2.32. The molecule has 1 saturated heterocycles. The fourth-order valence-electron chi connectivity index (χ4n) is 3.69. The highest BCUT2D eigenvalue weighted by atomic mass is 16.2. The van der Waals surface area contributed by atoms with E-state index < -0.39 is 0 Å². The van der Waals surface area contributed by atoms with Gasteiger partial charge in [-0.3, -0.25) is 10.1 Å². The van der Waals surface area contributed by atoms with Gasteiger partial charge in [0.1, 0.15) is 0 Å². The Bertz CT molecular complexity index is 323. The normalized spacial score (nSPS) is 39.9. The van der Waals surface area contributed by atoms with Gasteiger partial charge in [0.2, 0.25) is 5.91 Å². The predicted octanol–water partition coefficient (Wildman–Crippen LogP) is 3.15. The first kappa shape index (κ1) is 14.8. The Morgan fingerprint density at radius 1 is 1.21 bits per heavy atom. The van der Waals surface area contributed by atoms with Gasteiger partial charge in [0, 0.05) is 6.54 Å². The second-order valence-corrected chi connectivity index (χ2v) is 6.76. The zero-order valence-electron chi connectivity index (χ0n) is 13.0. The molecule has 3 heteroatoms. The summed E-state index contributed by atoms with van der Waals surface area (Å²) in [5.74, 6) is 1.96. The van der Waals surface area contributed by atoms with Crippen molar-refractivity contribution in [3.05, 3.63) is 0 Å². The molecule has 1 aliphatic heterocycles. The predicted molar refractivity (Wildman–Crippen MR) is 78.7 cm³/mol. The Labute approximate surface area is 118 Å². The van der Waals surface area contributed by atoms with Crippen LogP contribution in [0.3, 0.4) is 0 Å². The van der Waals surface area contributed by atoms with Gasteiger partial charge in [-0.15, -0.1) is 0 Å². The lowest BCUT2D eigenvalue weighted by atomic mass is 9.80. The first-order valence-corrected chi connectivity index (χ1v) is 8.09. The van der Waals surface area contributed by atoms with Crippen LogP contribution in [0.1, 0.15) is 66.2 Å². The Balaban J connectivity index is 1.91. The van der Waals surface area contributed by atoms with Crippen LogP contribution in [0.5, 0.6) is 0 Å². The quantitative estimate of drug-likeness (QED) is 0.848. The van der Waals surface area contributed by atoms with Crippen LogP contribution in [0.4, 0.5) is 0 Å². The molecular formula is C16H30N2O. The minimum Gasteiger partial charge on any atom is -0.326 e. The summed E-state index contributed by atoms with van der Waals surface area (Å²) in [6, 6.07) is 0. The Hall–Kier alpha value is -0.570. The van der Waals surface area contributed by atoms with E-state index in [2.05, 4.69) is 31.0 Å². The molecule has 3 nitrogen and oxygen atoms in total. The van der Waals surface area contributed by atoms with Crippen molar-refractivity contribution in [3.63, 3.8) is 0 Å². The van der Waals surface area contributed by atoms with Crippen LogP contribution < -0.4 is 5.32 Å². The first-order valence-electron chi connectivity index (χ1n) is 8.09. The van der Waals surface area contributed by atoms with E-state index in [1.807, 2.05) is 6.92 Å². The van der Waals surface area contributed by atoms with Crippen molar-refractivity contribution in [1.82, 2.24) is 10.2 Å². The molecule has 0 aromatic heterocycles. The summed E-state index contributed by atoms with van der Waals surface area (Å²) in [5, 5.41) is 3.47. The first-order chi connectivity index (χ1) is 9.00. The van der Waals surface area contributed by atoms with E-state index in [1.165, 1.54) is 32.1 Å². The lowest BCUT2D eigenvalue weighted by molar-refractivity contribution is -0.133. The van der Waals surface area contributed by atoms with Gasteiger partial charge < -0.3 is 4.90 Å². The summed E-state index contributed by atoms with van der Waals surface area (Å²) in [6.45, 7) is 9.51. The molecule has 19 heavy (non-hydrogen) atoms. The van der Waals surface area contributed by atoms with Crippen LogP contribution in [0, 0.1) is 11.8 Å². The summed E-state index contributed by atoms with van der Waals surface area (Å²) in [4.78, 5) is 14.6. The molecule has 0 aromatic rings. The fourth-order valence-corrected chi connectivity index (χ4v) is 3.69. The molecule has 2 atom stereocenters. The number of hydrogen-bond acceptors (Lipinski definition) is 2. The number of rotatable bonds is 4. The monoisotopic (exact) mass is 266 g/mol. The molecule has 2 fully saturated rings. The zero-order valence-corrected chi connectivity index (χ0v) is 13.0. The minimum atomic E-state index is -0.333. The van der Waals surface area contributed by atoms with Crippen molar-refractivity contribution in [3.8, 4) is 0 Å². The number of hydrogen-bond donors (Lipinski definition) is 1. The molecule has 1 heterocycles. The highest BCUT2D eigenvalue weighted by Crippen LogP contribution is 2.33. The maximum Gasteiger partial charge on any atom is 0.243 e. The molecule has 1 amide bonds. The molecule has 0 bridgehead atoms. The van der Waals surface area contributed by atoms with Crippen LogP contribution in [0.25, 0.3) is 0 Å². The van der Waals surface area contributed by atoms with E-state index in [9.17, 15) is 4.79 Å². The van der Waals surface area contributed by atoms with Crippen molar-refractivity contribution in [1.29, 1.82) is 0 Å². The zero-order chi connectivity index (χ0) is 14.0. The van der Waals surface area contributed by atoms with Crippen molar-refractivity contribution >= 4 is 5.91 Å². The van der Waals surface area contributed by atoms with Gasteiger partial charge >= 0.3 is 0 Å². The summed E-state index contributed by atoms with van der Waals surface area (Å²) in [6.07, 6.45) is 7.71. The van der Waals surface area contributed by atoms with Crippen molar-refractivity contribution < 1.29 is 4.79 Å². The molecule has 0 spiro atoms. The largest absolute Gasteiger partial charge is 0.326 e. The summed E-state index contributed by atoms with van der Waals surface area (Å²) in [5.41, 5.74) is -0.333. The molecule has 2 rings (SSSR count). The third kappa shape index (κ3) is 2.96. The Morgan fingerprint density at radius 3 is 2.26 bits per heavy atom. The average Bonchev–Trinajstić information content (AvgIpc) is 2.64. The molecule has 0 aromatic carbocycles. The number of nitrogens with zero attached hydrogens (tertiary/aromatic N) is 1. The molecule has 2 aliphatic rings. The Morgan fingerprint density at radius 2 is 1.79 bits per heavy atom. The second kappa shape index (κ2) is 5.82. The SMILES string of the molecule is CCC1CCC(CN2C(=O)C(C)(CC)NC2C)CC1. The number of amides is 1. The molecule has 110 valence electrons. The topological polar surface area (TPSA) is 32.3 Å². The van der Waals surface area contributed by atoms with Gasteiger partial charge in [-0.05, 0) is 44.9 Å². The second-order valence-electron chi connectivity index (χ2n) is 6.76. The minimum absolute atomic E-state index is 0.196. The molecule has 1 aliphatic carbocycles. The maximum atomic E-state index is 12.5. The van der Waals surface area contributed by atoms with E-state index in [4.69, 9.17) is 0 Å². The van der Waals surface area contributed by atoms with E-state index in [1.54, 1.807) is 0 Å². The molecule has 0 radical (unpaired) electrons. The average molecular weight is 266 g/mol. The van der Waals surface area contributed by atoms with Gasteiger partial charge in [0.15, 0.2) is 0 Å². The van der Waals surface area contributed by atoms with E-state index in [0.29, 0.717) is 5.91 Å². The van der Waals surface area contributed by atoms with Gasteiger partial charge in [-0.2, -0.15) is 0 Å². The molecule has 1 saturated carbocycles. The van der Waals surface area contributed by atoms with Gasteiger partial charge in [0.25, 0.3) is 0 Å². The smallest absolute Gasteiger partial charge is 0.243 e. The van der Waals surface area contributed by atoms with Crippen molar-refractivity contribution in [2.75, 3.05) is 6.54 Å². The number of nitrogens with one attached hydrogen (secondary N) is 1. The van der Waals surface area contributed by atoms with Crippen molar-refractivity contribution in [2.24, 2.45) is 11.8 Å². The molecular weight excluding hydrogens is 236 g/mol. The van der Waals surface area contributed by atoms with Gasteiger partial charge in [-0.1, -0.05) is 33.1 Å². The standard InChI is InChI=1S/C16H30N2O/c1-5-13-7-9-14(10-8-13)11-18-12(3)17-16(4,6-2)15(18)19/h12-14,17H,5-11H2,1-4H3. The fraction of sp³-hybridized carbons (Fsp3) is 0.938. The van der Waals surface area contributed by atoms with Gasteiger partial charge in [-0.25, -0.2) is 0 Å². The highest BCUT2D eigenvalue weighted by Gasteiger charge is 2.45. The van der Waals surface area contributed by atoms with E-state index in [-0.39, 0.29) is 11.7 Å². The third-order valence-corrected chi connectivity index (χ3v) is 5.43. The third-order valence-electron chi connectivity index (χ3n) is 5.43. The highest BCUT2D eigenvalue weighted by molar-refractivity contribution is 5.88. The summed E-state index contributed by atoms with van der Waals surface area (Å²) < 4.78 is 0. The molecule has 2 unspecified atom stereocenters. The van der Waals surface area contributed by atoms with Crippen LogP contribution in [0.15, 0.2) is 0 Å². The van der Waals surface area contributed by atoms with Crippen LogP contribution >= 0.6 is 0 Å². The lowest BCUT2D eigenvalue weighted by Crippen LogP contribution is -2.43. The maximum absolute atomic E-state index is 12.5. The van der Waals surface area contributed by atoms with Crippen LogP contribution in [-0.2, 0) is 4.79 Å². The van der Waals surface area contributed by atoms with Crippen LogP contribution in [-0.4, -0.2) is 29.1 Å². The summed E-state index contributed by atoms with van der Waals surface area (Å²) in [7, 11) is 0. The number of carbonyl (C=O) groups is 1. The van der Waals surface area contributed by atoms with E-state index in [0.717, 1.165) is 24.8 Å². The Kier molecular flexibility index (Phi) is 4.54. The molecule has 1 N–H and O–H groups in total. The van der Waals surface area contributed by atoms with Gasteiger partial charge in [0.05, 0.1) is 11.7 Å². The van der Waals surface area contributed by atoms with Crippen molar-refractivity contribution in [2.45, 2.75) is 77.9 Å². The number of carbonyl (C=O) groups excluding carboxylic acids is 1. The summed E-state index contributed by atoms with van der Waals surface area (Å²) >= 11 is 0.